The molecule has 0 bridgehead atoms. The zero-order valence-corrected chi connectivity index (χ0v) is 8.97. The van der Waals surface area contributed by atoms with Crippen LogP contribution < -0.4 is 0 Å². The fraction of sp³-hybridized carbons (Fsp3) is 0.364. The molecule has 1 fully saturated rings. The smallest absolute Gasteiger partial charge is 0.326 e. The molecule has 90 valence electrons. The molecule has 2 rings (SSSR count). The molecule has 2 heterocycles. The Morgan fingerprint density at radius 3 is 2.94 bits per heavy atom. The van der Waals surface area contributed by atoms with Crippen molar-refractivity contribution in [2.75, 3.05) is 6.54 Å². The monoisotopic (exact) mass is 238 g/mol. The number of pyridine rings is 1. The van der Waals surface area contributed by atoms with Crippen molar-refractivity contribution in [3.63, 3.8) is 0 Å². The van der Waals surface area contributed by atoms with E-state index in [1.165, 1.54) is 17.2 Å². The third-order valence-corrected chi connectivity index (χ3v) is 2.77. The van der Waals surface area contributed by atoms with Crippen LogP contribution in [0.15, 0.2) is 18.3 Å². The largest absolute Gasteiger partial charge is 0.480 e. The van der Waals surface area contributed by atoms with Crippen molar-refractivity contribution in [1.82, 2.24) is 9.88 Å². The van der Waals surface area contributed by atoms with Crippen LogP contribution in [-0.2, 0) is 4.79 Å². The van der Waals surface area contributed by atoms with Gasteiger partial charge in [0.15, 0.2) is 0 Å². The molecule has 5 nitrogen and oxygen atoms in total. The van der Waals surface area contributed by atoms with E-state index in [9.17, 15) is 14.0 Å². The highest BCUT2D eigenvalue weighted by molar-refractivity contribution is 5.96. The molecule has 0 spiro atoms. The van der Waals surface area contributed by atoms with Crippen molar-refractivity contribution in [2.45, 2.75) is 18.9 Å². The van der Waals surface area contributed by atoms with Crippen LogP contribution in [-0.4, -0.2) is 39.5 Å². The Kier molecular flexibility index (Phi) is 3.03. The number of carboxylic acids is 1. The second-order valence-electron chi connectivity index (χ2n) is 3.86. The van der Waals surface area contributed by atoms with Crippen molar-refractivity contribution in [1.29, 1.82) is 0 Å². The van der Waals surface area contributed by atoms with E-state index in [1.54, 1.807) is 0 Å². The molecule has 1 amide bonds. The predicted octanol–water partition coefficient (Wildman–Crippen LogP) is 0.910. The predicted molar refractivity (Wildman–Crippen MR) is 55.9 cm³/mol. The summed E-state index contributed by atoms with van der Waals surface area (Å²) >= 11 is 0. The number of nitrogens with zero attached hydrogens (tertiary/aromatic N) is 2. The topological polar surface area (TPSA) is 70.5 Å². The van der Waals surface area contributed by atoms with Crippen LogP contribution in [0.25, 0.3) is 0 Å². The van der Waals surface area contributed by atoms with Gasteiger partial charge in [-0.1, -0.05) is 0 Å². The molecule has 1 atom stereocenters. The molecule has 1 aromatic rings. The maximum Gasteiger partial charge on any atom is 0.326 e. The van der Waals surface area contributed by atoms with E-state index in [0.29, 0.717) is 19.4 Å². The molecule has 1 aliphatic heterocycles. The van der Waals surface area contributed by atoms with E-state index >= 15 is 0 Å². The number of amides is 1. The van der Waals surface area contributed by atoms with Gasteiger partial charge in [0.25, 0.3) is 5.91 Å². The normalized spacial score (nSPS) is 19.4. The number of likely N-dealkylation sites (tertiary alicyclic amines) is 1. The Labute approximate surface area is 96.9 Å². The van der Waals surface area contributed by atoms with Gasteiger partial charge >= 0.3 is 5.97 Å². The molecule has 0 unspecified atom stereocenters. The van der Waals surface area contributed by atoms with E-state index in [1.807, 2.05) is 0 Å². The van der Waals surface area contributed by atoms with E-state index in [4.69, 9.17) is 5.11 Å². The lowest BCUT2D eigenvalue weighted by molar-refractivity contribution is -0.141. The fourth-order valence-electron chi connectivity index (χ4n) is 1.97. The number of carbonyl (C=O) groups is 2. The Balaban J connectivity index is 2.23. The highest BCUT2D eigenvalue weighted by atomic mass is 19.1. The minimum absolute atomic E-state index is 0.130. The van der Waals surface area contributed by atoms with Gasteiger partial charge in [-0.2, -0.15) is 4.39 Å². The Morgan fingerprint density at radius 1 is 1.53 bits per heavy atom. The summed E-state index contributed by atoms with van der Waals surface area (Å²) in [5, 5.41) is 8.95. The molecule has 0 radical (unpaired) electrons. The summed E-state index contributed by atoms with van der Waals surface area (Å²) in [6, 6.07) is 1.58. The van der Waals surface area contributed by atoms with Gasteiger partial charge in [-0.05, 0) is 18.9 Å². The van der Waals surface area contributed by atoms with E-state index < -0.39 is 23.9 Å². The third kappa shape index (κ3) is 2.25. The van der Waals surface area contributed by atoms with E-state index in [2.05, 4.69) is 4.98 Å². The first kappa shape index (κ1) is 11.5. The average Bonchev–Trinajstić information content (AvgIpc) is 2.77. The zero-order valence-electron chi connectivity index (χ0n) is 8.97. The van der Waals surface area contributed by atoms with Crippen LogP contribution in [0, 0.1) is 5.95 Å². The van der Waals surface area contributed by atoms with Gasteiger partial charge in [0, 0.05) is 24.4 Å². The molecule has 1 aromatic heterocycles. The van der Waals surface area contributed by atoms with Crippen molar-refractivity contribution < 1.29 is 19.1 Å². The number of aromatic nitrogens is 1. The summed E-state index contributed by atoms with van der Waals surface area (Å²) in [7, 11) is 0. The summed E-state index contributed by atoms with van der Waals surface area (Å²) in [5.41, 5.74) is 0.130. The second kappa shape index (κ2) is 4.48. The molecule has 0 saturated carbocycles. The van der Waals surface area contributed by atoms with E-state index in [-0.39, 0.29) is 5.56 Å². The van der Waals surface area contributed by atoms with Gasteiger partial charge in [-0.25, -0.2) is 9.78 Å². The minimum Gasteiger partial charge on any atom is -0.480 e. The van der Waals surface area contributed by atoms with Crippen LogP contribution in [0.4, 0.5) is 4.39 Å². The molecule has 0 aliphatic carbocycles. The number of carbonyl (C=O) groups excluding carboxylic acids is 1. The summed E-state index contributed by atoms with van der Waals surface area (Å²) < 4.78 is 12.9. The fourth-order valence-corrected chi connectivity index (χ4v) is 1.97. The van der Waals surface area contributed by atoms with Gasteiger partial charge in [0.1, 0.15) is 6.04 Å². The number of carboxylic acid groups (broad SMARTS) is 1. The van der Waals surface area contributed by atoms with Gasteiger partial charge in [0.05, 0.1) is 0 Å². The minimum atomic E-state index is -1.02. The standard InChI is InChI=1S/C11H11FN2O3/c12-9-6-7(3-4-13-9)10(15)14-5-1-2-8(14)11(16)17/h3-4,6,8H,1-2,5H2,(H,16,17)/t8-/m1/s1. The SMILES string of the molecule is O=C(O)[C@H]1CCCN1C(=O)c1ccnc(F)c1. The van der Waals surface area contributed by atoms with Crippen LogP contribution in [0.2, 0.25) is 0 Å². The molecule has 1 N–H and O–H groups in total. The van der Waals surface area contributed by atoms with Crippen molar-refractivity contribution >= 4 is 11.9 Å². The third-order valence-electron chi connectivity index (χ3n) is 2.77. The Bertz CT molecular complexity index is 464. The van der Waals surface area contributed by atoms with E-state index in [0.717, 1.165) is 6.07 Å². The average molecular weight is 238 g/mol. The maximum absolute atomic E-state index is 12.9. The van der Waals surface area contributed by atoms with Crippen LogP contribution in [0.5, 0.6) is 0 Å². The van der Waals surface area contributed by atoms with Gasteiger partial charge < -0.3 is 10.0 Å². The van der Waals surface area contributed by atoms with Crippen LogP contribution in [0.3, 0.4) is 0 Å². The number of aliphatic carboxylic acids is 1. The molecule has 1 saturated heterocycles. The van der Waals surface area contributed by atoms with Crippen LogP contribution >= 0.6 is 0 Å². The molecular weight excluding hydrogens is 227 g/mol. The van der Waals surface area contributed by atoms with Gasteiger partial charge in [-0.15, -0.1) is 0 Å². The highest BCUT2D eigenvalue weighted by Crippen LogP contribution is 2.20. The Morgan fingerprint density at radius 2 is 2.29 bits per heavy atom. The molecule has 6 heteroatoms. The van der Waals surface area contributed by atoms with Crippen molar-refractivity contribution in [2.24, 2.45) is 0 Å². The zero-order chi connectivity index (χ0) is 12.4. The number of hydrogen-bond donors (Lipinski definition) is 1. The van der Waals surface area contributed by atoms with Crippen molar-refractivity contribution in [3.05, 3.63) is 29.8 Å². The molecular formula is C11H11FN2O3. The highest BCUT2D eigenvalue weighted by Gasteiger charge is 2.34. The molecule has 17 heavy (non-hydrogen) atoms. The number of halogens is 1. The summed E-state index contributed by atoms with van der Waals surface area (Å²) in [6.07, 6.45) is 2.28. The van der Waals surface area contributed by atoms with Gasteiger partial charge in [-0.3, -0.25) is 4.79 Å². The van der Waals surface area contributed by atoms with Gasteiger partial charge in [0.2, 0.25) is 5.95 Å². The first-order chi connectivity index (χ1) is 8.09. The maximum atomic E-state index is 12.9. The van der Waals surface area contributed by atoms with Crippen LogP contribution in [0.1, 0.15) is 23.2 Å². The lowest BCUT2D eigenvalue weighted by Crippen LogP contribution is -2.40. The second-order valence-corrected chi connectivity index (χ2v) is 3.86. The number of rotatable bonds is 2. The summed E-state index contributed by atoms with van der Waals surface area (Å²) in [4.78, 5) is 27.5. The Hall–Kier alpha value is -1.98. The quantitative estimate of drug-likeness (QED) is 0.777. The summed E-state index contributed by atoms with van der Waals surface area (Å²) in [5.74, 6) is -2.23. The van der Waals surface area contributed by atoms with Crippen molar-refractivity contribution in [3.8, 4) is 0 Å². The molecule has 0 aromatic carbocycles. The lowest BCUT2D eigenvalue weighted by atomic mass is 10.2. The molecule has 1 aliphatic rings. The summed E-state index contributed by atoms with van der Waals surface area (Å²) in [6.45, 7) is 0.389. The lowest BCUT2D eigenvalue weighted by Gasteiger charge is -2.21. The first-order valence-corrected chi connectivity index (χ1v) is 5.25. The first-order valence-electron chi connectivity index (χ1n) is 5.25. The number of hydrogen-bond acceptors (Lipinski definition) is 3.